The van der Waals surface area contributed by atoms with Gasteiger partial charge in [-0.25, -0.2) is 15.0 Å². The first-order valence-corrected chi connectivity index (χ1v) is 12.6. The van der Waals surface area contributed by atoms with Crippen LogP contribution in [0.4, 0.5) is 17.3 Å². The van der Waals surface area contributed by atoms with Crippen molar-refractivity contribution in [3.05, 3.63) is 69.2 Å². The number of fused-ring (bicyclic) bond motifs is 1. The van der Waals surface area contributed by atoms with Gasteiger partial charge in [-0.2, -0.15) is 0 Å². The smallest absolute Gasteiger partial charge is 0.269 e. The largest absolute Gasteiger partial charge is 0.398 e. The molecule has 0 saturated heterocycles. The summed E-state index contributed by atoms with van der Waals surface area (Å²) in [7, 11) is 0. The molecule has 200 valence electrons. The second-order valence-electron chi connectivity index (χ2n) is 9.47. The lowest BCUT2D eigenvalue weighted by molar-refractivity contribution is -0.113. The van der Waals surface area contributed by atoms with Crippen LogP contribution < -0.4 is 27.4 Å². The van der Waals surface area contributed by atoms with Gasteiger partial charge in [0, 0.05) is 56.8 Å². The molecule has 1 amide bonds. The van der Waals surface area contributed by atoms with Gasteiger partial charge in [0.15, 0.2) is 11.5 Å². The lowest BCUT2D eigenvalue weighted by atomic mass is 10.0. The average molecular weight is 524 g/mol. The molecule has 0 fully saturated rings. The third kappa shape index (κ3) is 5.26. The number of aliphatic imine (C=N–C) groups is 1. The zero-order chi connectivity index (χ0) is 28.4. The number of pyridine rings is 1. The van der Waals surface area contributed by atoms with E-state index in [2.05, 4.69) is 25.3 Å². The molecule has 0 saturated carbocycles. The summed E-state index contributed by atoms with van der Waals surface area (Å²) in [4.78, 5) is 34.5. The highest BCUT2D eigenvalue weighted by atomic mass is 16.1. The molecule has 0 radical (unpaired) electrons. The van der Waals surface area contributed by atoms with Gasteiger partial charge in [-0.05, 0) is 65.3 Å². The van der Waals surface area contributed by atoms with Gasteiger partial charge < -0.3 is 27.2 Å². The van der Waals surface area contributed by atoms with Crippen molar-refractivity contribution in [2.45, 2.75) is 48.0 Å². The quantitative estimate of drug-likeness (QED) is 0.184. The van der Waals surface area contributed by atoms with Crippen LogP contribution in [0.2, 0.25) is 0 Å². The minimum absolute atomic E-state index is 0.0686. The minimum atomic E-state index is -0.689. The van der Waals surface area contributed by atoms with Crippen LogP contribution in [-0.4, -0.2) is 37.8 Å². The summed E-state index contributed by atoms with van der Waals surface area (Å²) in [5, 5.41) is 13.3. The number of benzene rings is 1. The van der Waals surface area contributed by atoms with Crippen molar-refractivity contribution in [1.29, 1.82) is 5.41 Å². The molecule has 3 heterocycles. The number of aryl methyl sites for hydroxylation is 3. The third-order valence-electron chi connectivity index (χ3n) is 6.63. The maximum absolute atomic E-state index is 12.9. The molecule has 39 heavy (non-hydrogen) atoms. The van der Waals surface area contributed by atoms with Crippen molar-refractivity contribution in [3.63, 3.8) is 0 Å². The molecular weight excluding hydrogens is 490 g/mol. The lowest BCUT2D eigenvalue weighted by Crippen LogP contribution is -2.32. The molecule has 4 aromatic rings. The summed E-state index contributed by atoms with van der Waals surface area (Å²) < 4.78 is 0. The molecule has 7 N–H and O–H groups in total. The number of aromatic nitrogens is 4. The number of nitrogens with one attached hydrogen (secondary N) is 3. The molecule has 10 nitrogen and oxygen atoms in total. The van der Waals surface area contributed by atoms with Gasteiger partial charge >= 0.3 is 0 Å². The molecule has 0 bridgehead atoms. The number of rotatable bonds is 7. The number of amides is 1. The monoisotopic (exact) mass is 523 g/mol. The molecule has 4 rings (SSSR count). The Bertz CT molecular complexity index is 1780. The Morgan fingerprint density at radius 1 is 1.10 bits per heavy atom. The van der Waals surface area contributed by atoms with E-state index in [9.17, 15) is 4.79 Å². The van der Waals surface area contributed by atoms with Gasteiger partial charge in [-0.3, -0.25) is 9.78 Å². The van der Waals surface area contributed by atoms with Gasteiger partial charge in [0.25, 0.3) is 5.91 Å². The number of carbonyl (C=O) groups excluding carboxylic acids is 1. The zero-order valence-corrected chi connectivity index (χ0v) is 23.0. The van der Waals surface area contributed by atoms with Gasteiger partial charge in [0.05, 0.1) is 16.7 Å². The number of anilines is 3. The Labute approximate surface area is 226 Å². The maximum Gasteiger partial charge on any atom is 0.269 e. The Kier molecular flexibility index (Phi) is 7.57. The number of nitrogens with zero attached hydrogens (tertiary/aromatic N) is 4. The highest BCUT2D eigenvalue weighted by Crippen LogP contribution is 2.22. The van der Waals surface area contributed by atoms with E-state index in [0.717, 1.165) is 38.8 Å². The molecule has 10 heteroatoms. The summed E-state index contributed by atoms with van der Waals surface area (Å²) in [6.45, 7) is 11.4. The van der Waals surface area contributed by atoms with Crippen molar-refractivity contribution in [3.8, 4) is 0 Å². The molecule has 3 aromatic heterocycles. The number of nitrogens with two attached hydrogens (primary N) is 2. The van der Waals surface area contributed by atoms with E-state index in [-0.39, 0.29) is 5.70 Å². The molecule has 0 unspecified atom stereocenters. The number of H-pyrrole nitrogens is 1. The molecular formula is C29H33N9O. The van der Waals surface area contributed by atoms with E-state index in [1.54, 1.807) is 19.2 Å². The standard InChI is InChI=1S/C29H33N9O/c1-7-14(2)23-24-20(12-30)21(31)10-11-22(24)37-25(23)26(27(32)39)36-17(5)19-9-8-15(3)34-29(19)38-28-18(6)33-13-16(4)35-28/h8-13,30,37H,7,31H2,1-6H3,(H2,32,39)(H,34,35,38)/b23-14+,26-25+,30-12?,36-17?. The van der Waals surface area contributed by atoms with Gasteiger partial charge in [0.2, 0.25) is 0 Å². The highest BCUT2D eigenvalue weighted by molar-refractivity contribution is 6.17. The normalized spacial score (nSPS) is 13.3. The Morgan fingerprint density at radius 3 is 2.49 bits per heavy atom. The maximum atomic E-state index is 12.9. The zero-order valence-electron chi connectivity index (χ0n) is 23.0. The van der Waals surface area contributed by atoms with Crippen LogP contribution >= 0.6 is 0 Å². The van der Waals surface area contributed by atoms with Crippen LogP contribution in [0.1, 0.15) is 55.4 Å². The lowest BCUT2D eigenvalue weighted by Gasteiger charge is -2.13. The summed E-state index contributed by atoms with van der Waals surface area (Å²) >= 11 is 0. The SMILES string of the molecule is CC/C(C)=c1/c(=C(\N=C(C)c2ccc(C)nc2Nc2nc(C)cnc2C)C(N)=O)[nH]c2ccc(N)c(C=N)c12. The molecule has 0 aliphatic rings. The predicted octanol–water partition coefficient (Wildman–Crippen LogP) is 3.28. The van der Waals surface area contributed by atoms with E-state index in [4.69, 9.17) is 21.9 Å². The predicted molar refractivity (Wildman–Crippen MR) is 158 cm³/mol. The van der Waals surface area contributed by atoms with E-state index >= 15 is 0 Å². The fraction of sp³-hybridized carbons (Fsp3) is 0.241. The summed E-state index contributed by atoms with van der Waals surface area (Å²) in [6, 6.07) is 7.34. The van der Waals surface area contributed by atoms with E-state index in [1.807, 2.05) is 52.8 Å². The number of aromatic amines is 1. The molecule has 0 aliphatic carbocycles. The summed E-state index contributed by atoms with van der Waals surface area (Å²) in [6.07, 6.45) is 3.65. The fourth-order valence-electron chi connectivity index (χ4n) is 4.44. The molecule has 0 aliphatic heterocycles. The number of hydrogen-bond donors (Lipinski definition) is 5. The van der Waals surface area contributed by atoms with Crippen LogP contribution in [0.3, 0.4) is 0 Å². The van der Waals surface area contributed by atoms with E-state index < -0.39 is 5.91 Å². The van der Waals surface area contributed by atoms with Gasteiger partial charge in [0.1, 0.15) is 5.82 Å². The van der Waals surface area contributed by atoms with Crippen molar-refractivity contribution < 1.29 is 4.79 Å². The minimum Gasteiger partial charge on any atom is -0.398 e. The van der Waals surface area contributed by atoms with Crippen LogP contribution in [0.5, 0.6) is 0 Å². The van der Waals surface area contributed by atoms with Gasteiger partial charge in [-0.1, -0.05) is 12.5 Å². The first-order valence-electron chi connectivity index (χ1n) is 12.6. The fourth-order valence-corrected chi connectivity index (χ4v) is 4.44. The summed E-state index contributed by atoms with van der Waals surface area (Å²) in [5.41, 5.74) is 18.5. The van der Waals surface area contributed by atoms with Crippen molar-refractivity contribution in [2.75, 3.05) is 11.1 Å². The molecule has 1 aromatic carbocycles. The second-order valence-corrected chi connectivity index (χ2v) is 9.47. The topological polar surface area (TPSA) is 172 Å². The van der Waals surface area contributed by atoms with Crippen molar-refractivity contribution >= 4 is 57.3 Å². The van der Waals surface area contributed by atoms with Gasteiger partial charge in [-0.15, -0.1) is 0 Å². The number of hydrogen-bond acceptors (Lipinski definition) is 8. The van der Waals surface area contributed by atoms with Crippen molar-refractivity contribution in [1.82, 2.24) is 19.9 Å². The van der Waals surface area contributed by atoms with Crippen molar-refractivity contribution in [2.24, 2.45) is 10.7 Å². The Morgan fingerprint density at radius 2 is 1.82 bits per heavy atom. The van der Waals surface area contributed by atoms with E-state index in [1.165, 1.54) is 6.21 Å². The third-order valence-corrected chi connectivity index (χ3v) is 6.63. The highest BCUT2D eigenvalue weighted by Gasteiger charge is 2.17. The van der Waals surface area contributed by atoms with E-state index in [0.29, 0.717) is 45.9 Å². The first-order chi connectivity index (χ1) is 18.5. The van der Waals surface area contributed by atoms with Crippen LogP contribution in [0.15, 0.2) is 35.5 Å². The molecule has 0 spiro atoms. The first kappa shape index (κ1) is 27.2. The Hall–Kier alpha value is -4.86. The van der Waals surface area contributed by atoms with Crippen LogP contribution in [-0.2, 0) is 4.79 Å². The number of primary amides is 1. The summed E-state index contributed by atoms with van der Waals surface area (Å²) in [5.74, 6) is 0.435. The van der Waals surface area contributed by atoms with Crippen LogP contribution in [0, 0.1) is 26.2 Å². The van der Waals surface area contributed by atoms with Crippen LogP contribution in [0.25, 0.3) is 22.2 Å². The molecule has 0 atom stereocenters. The Balaban J connectivity index is 2.02. The average Bonchev–Trinajstić information content (AvgIpc) is 3.27. The number of nitrogen functional groups attached to an aromatic ring is 1. The second kappa shape index (κ2) is 10.9. The number of carbonyl (C=O) groups is 1.